The van der Waals surface area contributed by atoms with Gasteiger partial charge >= 0.3 is 6.09 Å². The lowest BCUT2D eigenvalue weighted by Gasteiger charge is -2.34. The Balaban J connectivity index is 1.89. The van der Waals surface area contributed by atoms with E-state index >= 15 is 0 Å². The first-order chi connectivity index (χ1) is 7.46. The molecule has 0 aromatic rings. The number of ether oxygens (including phenoxy) is 2. The fraction of sp³-hybridized carbons (Fsp3) is 0.909. The third-order valence-corrected chi connectivity index (χ3v) is 2.85. The molecule has 1 amide bonds. The van der Waals surface area contributed by atoms with Crippen LogP contribution in [0.3, 0.4) is 0 Å². The molecule has 2 aliphatic heterocycles. The summed E-state index contributed by atoms with van der Waals surface area (Å²) in [5.74, 6) is 0. The van der Waals surface area contributed by atoms with Crippen LogP contribution in [0.5, 0.6) is 0 Å². The van der Waals surface area contributed by atoms with Crippen molar-refractivity contribution >= 4 is 6.09 Å². The molecule has 2 rings (SSSR count). The highest BCUT2D eigenvalue weighted by atomic mass is 16.6. The number of carbonyl (C=O) groups is 1. The second-order valence-electron chi connectivity index (χ2n) is 5.38. The third-order valence-electron chi connectivity index (χ3n) is 2.85. The van der Waals surface area contributed by atoms with Gasteiger partial charge in [-0.05, 0) is 27.2 Å². The van der Waals surface area contributed by atoms with Crippen molar-refractivity contribution in [2.45, 2.75) is 44.9 Å². The molecule has 2 heterocycles. The zero-order chi connectivity index (χ0) is 11.8. The average Bonchev–Trinajstić information content (AvgIpc) is 2.61. The lowest BCUT2D eigenvalue weighted by Crippen LogP contribution is -2.51. The van der Waals surface area contributed by atoms with Crippen molar-refractivity contribution in [3.05, 3.63) is 0 Å². The average molecular weight is 228 g/mol. The van der Waals surface area contributed by atoms with Crippen LogP contribution in [0.2, 0.25) is 0 Å². The molecule has 0 spiro atoms. The molecule has 0 bridgehead atoms. The fourth-order valence-corrected chi connectivity index (χ4v) is 2.07. The van der Waals surface area contributed by atoms with Crippen LogP contribution in [-0.2, 0) is 9.47 Å². The molecular formula is C11H20N2O3. The molecule has 0 aliphatic carbocycles. The number of fused-ring (bicyclic) bond motifs is 1. The van der Waals surface area contributed by atoms with Gasteiger partial charge in [0.15, 0.2) is 0 Å². The first-order valence-corrected chi connectivity index (χ1v) is 5.78. The number of amides is 1. The van der Waals surface area contributed by atoms with Gasteiger partial charge in [0, 0.05) is 12.6 Å². The van der Waals surface area contributed by atoms with Crippen LogP contribution < -0.4 is 5.32 Å². The molecule has 2 saturated heterocycles. The predicted molar refractivity (Wildman–Crippen MR) is 59.1 cm³/mol. The number of nitrogens with zero attached hydrogens (tertiary/aromatic N) is 1. The second-order valence-corrected chi connectivity index (χ2v) is 5.38. The minimum atomic E-state index is -0.428. The summed E-state index contributed by atoms with van der Waals surface area (Å²) in [6.45, 7) is 7.61. The molecule has 5 nitrogen and oxygen atoms in total. The minimum absolute atomic E-state index is 0.126. The molecule has 0 radical (unpaired) electrons. The molecule has 92 valence electrons. The van der Waals surface area contributed by atoms with Crippen LogP contribution in [0.4, 0.5) is 4.79 Å². The summed E-state index contributed by atoms with van der Waals surface area (Å²) in [4.78, 5) is 13.6. The van der Waals surface area contributed by atoms with E-state index in [4.69, 9.17) is 9.47 Å². The normalized spacial score (nSPS) is 30.1. The molecule has 0 aromatic heterocycles. The van der Waals surface area contributed by atoms with Crippen LogP contribution in [0.15, 0.2) is 0 Å². The standard InChI is InChI=1S/C11H20N2O3/c1-11(2,3)16-10(14)13-5-4-8-9(6-13)15-7-12-8/h8-9,12H,4-7H2,1-3H3. The van der Waals surface area contributed by atoms with E-state index in [0.717, 1.165) is 13.0 Å². The number of hydrogen-bond acceptors (Lipinski definition) is 4. The van der Waals surface area contributed by atoms with Gasteiger partial charge in [-0.25, -0.2) is 4.79 Å². The smallest absolute Gasteiger partial charge is 0.410 e. The number of rotatable bonds is 0. The maximum absolute atomic E-state index is 11.8. The van der Waals surface area contributed by atoms with Crippen molar-refractivity contribution in [2.75, 3.05) is 19.8 Å². The molecule has 0 aromatic carbocycles. The van der Waals surface area contributed by atoms with Gasteiger partial charge in [-0.2, -0.15) is 0 Å². The highest BCUT2D eigenvalue weighted by molar-refractivity contribution is 5.68. The third kappa shape index (κ3) is 2.65. The fourth-order valence-electron chi connectivity index (χ4n) is 2.07. The Hall–Kier alpha value is -0.810. The summed E-state index contributed by atoms with van der Waals surface area (Å²) in [5, 5.41) is 3.27. The summed E-state index contributed by atoms with van der Waals surface area (Å²) < 4.78 is 10.8. The van der Waals surface area contributed by atoms with Crippen molar-refractivity contribution in [1.29, 1.82) is 0 Å². The highest BCUT2D eigenvalue weighted by Gasteiger charge is 2.36. The number of likely N-dealkylation sites (tertiary alicyclic amines) is 1. The molecule has 2 aliphatic rings. The summed E-state index contributed by atoms with van der Waals surface area (Å²) in [7, 11) is 0. The van der Waals surface area contributed by atoms with Crippen LogP contribution in [0.25, 0.3) is 0 Å². The molecule has 1 N–H and O–H groups in total. The number of hydrogen-bond donors (Lipinski definition) is 1. The SMILES string of the molecule is CC(C)(C)OC(=O)N1CCC2NCOC2C1. The van der Waals surface area contributed by atoms with E-state index in [1.807, 2.05) is 20.8 Å². The van der Waals surface area contributed by atoms with E-state index in [2.05, 4.69) is 5.32 Å². The zero-order valence-corrected chi connectivity index (χ0v) is 10.2. The van der Waals surface area contributed by atoms with Crippen molar-refractivity contribution in [3.8, 4) is 0 Å². The van der Waals surface area contributed by atoms with Gasteiger partial charge in [0.25, 0.3) is 0 Å². The van der Waals surface area contributed by atoms with Gasteiger partial charge in [0.1, 0.15) is 5.60 Å². The maximum atomic E-state index is 11.8. The van der Waals surface area contributed by atoms with Crippen LogP contribution >= 0.6 is 0 Å². The van der Waals surface area contributed by atoms with E-state index in [9.17, 15) is 4.79 Å². The number of nitrogens with one attached hydrogen (secondary N) is 1. The first-order valence-electron chi connectivity index (χ1n) is 5.78. The Kier molecular flexibility index (Phi) is 3.08. The highest BCUT2D eigenvalue weighted by Crippen LogP contribution is 2.20. The predicted octanol–water partition coefficient (Wildman–Crippen LogP) is 0.942. The minimum Gasteiger partial charge on any atom is -0.444 e. The van der Waals surface area contributed by atoms with Gasteiger partial charge < -0.3 is 14.4 Å². The molecule has 2 atom stereocenters. The quantitative estimate of drug-likeness (QED) is 0.670. The van der Waals surface area contributed by atoms with E-state index in [-0.39, 0.29) is 12.2 Å². The molecule has 2 fully saturated rings. The topological polar surface area (TPSA) is 50.8 Å². The van der Waals surface area contributed by atoms with Gasteiger partial charge in [-0.15, -0.1) is 0 Å². The summed E-state index contributed by atoms with van der Waals surface area (Å²) >= 11 is 0. The molecule has 5 heteroatoms. The van der Waals surface area contributed by atoms with E-state index < -0.39 is 5.60 Å². The van der Waals surface area contributed by atoms with Crippen molar-refractivity contribution in [1.82, 2.24) is 10.2 Å². The summed E-state index contributed by atoms with van der Waals surface area (Å²) in [5.41, 5.74) is -0.428. The number of carbonyl (C=O) groups excluding carboxylic acids is 1. The van der Waals surface area contributed by atoms with Crippen molar-refractivity contribution in [3.63, 3.8) is 0 Å². The first kappa shape index (κ1) is 11.7. The maximum Gasteiger partial charge on any atom is 0.410 e. The Morgan fingerprint density at radius 2 is 2.25 bits per heavy atom. The van der Waals surface area contributed by atoms with Gasteiger partial charge in [0.2, 0.25) is 0 Å². The summed E-state index contributed by atoms with van der Waals surface area (Å²) in [6, 6.07) is 0.402. The lowest BCUT2D eigenvalue weighted by molar-refractivity contribution is -0.00132. The Morgan fingerprint density at radius 3 is 2.94 bits per heavy atom. The van der Waals surface area contributed by atoms with Crippen LogP contribution in [0, 0.1) is 0 Å². The monoisotopic (exact) mass is 228 g/mol. The molecule has 16 heavy (non-hydrogen) atoms. The Labute approximate surface area is 96.1 Å². The van der Waals surface area contributed by atoms with E-state index in [1.54, 1.807) is 4.90 Å². The second kappa shape index (κ2) is 4.22. The van der Waals surface area contributed by atoms with Crippen LogP contribution in [0.1, 0.15) is 27.2 Å². The van der Waals surface area contributed by atoms with Crippen LogP contribution in [-0.4, -0.2) is 48.6 Å². The van der Waals surface area contributed by atoms with Crippen molar-refractivity contribution in [2.24, 2.45) is 0 Å². The van der Waals surface area contributed by atoms with Gasteiger partial charge in [0.05, 0.1) is 19.4 Å². The summed E-state index contributed by atoms with van der Waals surface area (Å²) in [6.07, 6.45) is 0.826. The largest absolute Gasteiger partial charge is 0.444 e. The zero-order valence-electron chi connectivity index (χ0n) is 10.2. The van der Waals surface area contributed by atoms with E-state index in [0.29, 0.717) is 19.3 Å². The Bertz CT molecular complexity index is 275. The van der Waals surface area contributed by atoms with Crippen molar-refractivity contribution < 1.29 is 14.3 Å². The van der Waals surface area contributed by atoms with Gasteiger partial charge in [-0.1, -0.05) is 0 Å². The van der Waals surface area contributed by atoms with Gasteiger partial charge in [-0.3, -0.25) is 5.32 Å². The molecule has 2 unspecified atom stereocenters. The van der Waals surface area contributed by atoms with E-state index in [1.165, 1.54) is 0 Å². The molecule has 0 saturated carbocycles. The Morgan fingerprint density at radius 1 is 1.50 bits per heavy atom. The molecular weight excluding hydrogens is 208 g/mol. The lowest BCUT2D eigenvalue weighted by atomic mass is 10.0. The number of piperidine rings is 1.